The van der Waals surface area contributed by atoms with E-state index in [4.69, 9.17) is 9.72 Å². The molecular formula is C29H32F3N5O2S. The third-order valence-electron chi connectivity index (χ3n) is 7.14. The van der Waals surface area contributed by atoms with Crippen LogP contribution in [0.1, 0.15) is 40.0 Å². The number of rotatable bonds is 8. The molecule has 0 radical (unpaired) electrons. The average Bonchev–Trinajstić information content (AvgIpc) is 3.51. The minimum absolute atomic E-state index is 0.0881. The molecule has 2 aromatic carbocycles. The molecule has 0 N–H and O–H groups in total. The van der Waals surface area contributed by atoms with Gasteiger partial charge in [0, 0.05) is 69.4 Å². The number of anilines is 2. The van der Waals surface area contributed by atoms with Gasteiger partial charge in [-0.25, -0.2) is 9.97 Å². The summed E-state index contributed by atoms with van der Waals surface area (Å²) in [6.45, 7) is 4.40. The molecule has 0 bridgehead atoms. The van der Waals surface area contributed by atoms with E-state index in [-0.39, 0.29) is 5.91 Å². The lowest BCUT2D eigenvalue weighted by molar-refractivity contribution is -0.137. The first kappa shape index (κ1) is 28.2. The van der Waals surface area contributed by atoms with Crippen molar-refractivity contribution in [2.24, 2.45) is 0 Å². The number of methoxy groups -OCH3 is 1. The summed E-state index contributed by atoms with van der Waals surface area (Å²) in [6.07, 6.45) is -2.23. The molecule has 0 atom stereocenters. The fraction of sp³-hybridized carbons (Fsp3) is 0.414. The van der Waals surface area contributed by atoms with E-state index in [1.807, 2.05) is 40.1 Å². The van der Waals surface area contributed by atoms with E-state index >= 15 is 0 Å². The Bertz CT molecular complexity index is 1310. The molecule has 0 unspecified atom stereocenters. The quantitative estimate of drug-likeness (QED) is 0.262. The summed E-state index contributed by atoms with van der Waals surface area (Å²) in [6, 6.07) is 15.1. The van der Waals surface area contributed by atoms with E-state index in [1.165, 1.54) is 23.9 Å². The van der Waals surface area contributed by atoms with E-state index < -0.39 is 11.7 Å². The summed E-state index contributed by atoms with van der Waals surface area (Å²) in [5.74, 6) is 1.52. The number of aromatic nitrogens is 2. The van der Waals surface area contributed by atoms with Crippen LogP contribution in [0.3, 0.4) is 0 Å². The zero-order valence-electron chi connectivity index (χ0n) is 22.4. The average molecular weight is 572 g/mol. The number of thioether (sulfide) groups is 1. The van der Waals surface area contributed by atoms with Crippen LogP contribution in [0.15, 0.2) is 59.8 Å². The van der Waals surface area contributed by atoms with Crippen molar-refractivity contribution in [1.29, 1.82) is 0 Å². The first-order valence-corrected chi connectivity index (χ1v) is 14.3. The molecule has 1 aromatic heterocycles. The van der Waals surface area contributed by atoms with Gasteiger partial charge in [0.15, 0.2) is 5.16 Å². The van der Waals surface area contributed by atoms with Gasteiger partial charge in [-0.3, -0.25) is 4.79 Å². The van der Waals surface area contributed by atoms with Crippen LogP contribution in [-0.2, 0) is 23.3 Å². The number of benzene rings is 2. The minimum atomic E-state index is -4.36. The van der Waals surface area contributed by atoms with Crippen molar-refractivity contribution in [3.8, 4) is 0 Å². The van der Waals surface area contributed by atoms with Gasteiger partial charge >= 0.3 is 6.18 Å². The highest BCUT2D eigenvalue weighted by atomic mass is 32.2. The van der Waals surface area contributed by atoms with Crippen LogP contribution in [-0.4, -0.2) is 67.2 Å². The summed E-state index contributed by atoms with van der Waals surface area (Å²) >= 11 is 1.52. The lowest BCUT2D eigenvalue weighted by Gasteiger charge is -2.37. The Morgan fingerprint density at radius 2 is 1.62 bits per heavy atom. The van der Waals surface area contributed by atoms with Gasteiger partial charge in [-0.1, -0.05) is 30.0 Å². The largest absolute Gasteiger partial charge is 0.416 e. The monoisotopic (exact) mass is 571 g/mol. The van der Waals surface area contributed by atoms with Crippen LogP contribution < -0.4 is 9.80 Å². The van der Waals surface area contributed by atoms with Gasteiger partial charge in [-0.2, -0.15) is 13.2 Å². The number of carbonyl (C=O) groups is 1. The van der Waals surface area contributed by atoms with Crippen molar-refractivity contribution in [1.82, 2.24) is 14.9 Å². The highest BCUT2D eigenvalue weighted by Crippen LogP contribution is 2.32. The lowest BCUT2D eigenvalue weighted by atomic mass is 10.1. The number of likely N-dealkylation sites (tertiary alicyclic amines) is 1. The van der Waals surface area contributed by atoms with Crippen molar-refractivity contribution in [3.05, 3.63) is 77.0 Å². The SMILES string of the molecule is COCc1cc(N2CCN(c3cccc(C(F)(F)F)c3)CC2)nc(SCc2ccc(C(=O)N3CCCC3)cc2)n1. The van der Waals surface area contributed by atoms with Crippen LogP contribution in [0.2, 0.25) is 0 Å². The smallest absolute Gasteiger partial charge is 0.378 e. The second-order valence-electron chi connectivity index (χ2n) is 9.94. The number of amides is 1. The Morgan fingerprint density at radius 1 is 0.925 bits per heavy atom. The Labute approximate surface area is 236 Å². The molecule has 7 nitrogen and oxygen atoms in total. The number of piperazine rings is 1. The molecule has 11 heteroatoms. The molecule has 2 aliphatic heterocycles. The molecule has 2 fully saturated rings. The molecule has 3 aromatic rings. The molecular weight excluding hydrogens is 539 g/mol. The van der Waals surface area contributed by atoms with Crippen LogP contribution in [0.4, 0.5) is 24.7 Å². The number of hydrogen-bond acceptors (Lipinski definition) is 7. The van der Waals surface area contributed by atoms with Gasteiger partial charge in [0.25, 0.3) is 5.91 Å². The topological polar surface area (TPSA) is 61.8 Å². The third kappa shape index (κ3) is 6.87. The number of halogens is 3. The second-order valence-corrected chi connectivity index (χ2v) is 10.9. The Kier molecular flexibility index (Phi) is 8.80. The van der Waals surface area contributed by atoms with Gasteiger partial charge in [0.2, 0.25) is 0 Å². The molecule has 212 valence electrons. The summed E-state index contributed by atoms with van der Waals surface area (Å²) in [4.78, 5) is 28.1. The van der Waals surface area contributed by atoms with Crippen LogP contribution in [0.5, 0.6) is 0 Å². The first-order chi connectivity index (χ1) is 19.3. The Morgan fingerprint density at radius 3 is 2.30 bits per heavy atom. The molecule has 5 rings (SSSR count). The number of carbonyl (C=O) groups excluding carboxylic acids is 1. The predicted molar refractivity (Wildman–Crippen MR) is 150 cm³/mol. The van der Waals surface area contributed by atoms with Crippen molar-refractivity contribution in [2.75, 3.05) is 56.2 Å². The van der Waals surface area contributed by atoms with E-state index in [1.54, 1.807) is 13.2 Å². The molecule has 1 amide bonds. The van der Waals surface area contributed by atoms with E-state index in [9.17, 15) is 18.0 Å². The maximum absolute atomic E-state index is 13.2. The van der Waals surface area contributed by atoms with Gasteiger partial charge < -0.3 is 19.4 Å². The van der Waals surface area contributed by atoms with Gasteiger partial charge in [-0.15, -0.1) is 0 Å². The fourth-order valence-corrected chi connectivity index (χ4v) is 5.80. The van der Waals surface area contributed by atoms with E-state index in [0.29, 0.717) is 54.9 Å². The molecule has 3 heterocycles. The molecule has 0 spiro atoms. The molecule has 2 aliphatic rings. The number of hydrogen-bond donors (Lipinski definition) is 0. The Hall–Kier alpha value is -3.31. The lowest BCUT2D eigenvalue weighted by Crippen LogP contribution is -2.47. The van der Waals surface area contributed by atoms with Crippen molar-refractivity contribution < 1.29 is 22.7 Å². The van der Waals surface area contributed by atoms with Crippen molar-refractivity contribution in [3.63, 3.8) is 0 Å². The van der Waals surface area contributed by atoms with Gasteiger partial charge in [-0.05, 0) is 48.7 Å². The maximum Gasteiger partial charge on any atom is 0.416 e. The van der Waals surface area contributed by atoms with Crippen LogP contribution in [0, 0.1) is 0 Å². The highest BCUT2D eigenvalue weighted by molar-refractivity contribution is 7.98. The first-order valence-electron chi connectivity index (χ1n) is 13.4. The standard InChI is InChI=1S/C29H32F3N5O2S/c1-39-19-24-18-26(36-15-13-35(14-16-36)25-6-4-5-23(17-25)29(30,31)32)34-28(33-24)40-20-21-7-9-22(10-8-21)27(38)37-11-2-3-12-37/h4-10,17-18H,2-3,11-16,19-20H2,1H3. The van der Waals surface area contributed by atoms with Crippen LogP contribution >= 0.6 is 11.8 Å². The third-order valence-corrected chi connectivity index (χ3v) is 8.06. The number of nitrogens with zero attached hydrogens (tertiary/aromatic N) is 5. The van der Waals surface area contributed by atoms with Crippen molar-refractivity contribution >= 4 is 29.2 Å². The van der Waals surface area contributed by atoms with Gasteiger partial charge in [0.05, 0.1) is 17.9 Å². The Balaban J connectivity index is 1.23. The predicted octanol–water partition coefficient (Wildman–Crippen LogP) is 5.50. The van der Waals surface area contributed by atoms with E-state index in [0.717, 1.165) is 49.1 Å². The molecule has 40 heavy (non-hydrogen) atoms. The zero-order chi connectivity index (χ0) is 28.1. The summed E-state index contributed by atoms with van der Waals surface area (Å²) in [5, 5.41) is 0.627. The minimum Gasteiger partial charge on any atom is -0.378 e. The molecule has 0 aliphatic carbocycles. The van der Waals surface area contributed by atoms with Crippen LogP contribution in [0.25, 0.3) is 0 Å². The van der Waals surface area contributed by atoms with Gasteiger partial charge in [0.1, 0.15) is 5.82 Å². The summed E-state index contributed by atoms with van der Waals surface area (Å²) < 4.78 is 44.8. The normalized spacial score (nSPS) is 16.1. The van der Waals surface area contributed by atoms with Crippen molar-refractivity contribution in [2.45, 2.75) is 36.5 Å². The number of alkyl halides is 3. The maximum atomic E-state index is 13.2. The second kappa shape index (κ2) is 12.5. The van der Waals surface area contributed by atoms with E-state index in [2.05, 4.69) is 9.88 Å². The summed E-state index contributed by atoms with van der Waals surface area (Å²) in [7, 11) is 1.62. The zero-order valence-corrected chi connectivity index (χ0v) is 23.2. The molecule has 2 saturated heterocycles. The number of ether oxygens (including phenoxy) is 1. The molecule has 0 saturated carbocycles. The fourth-order valence-electron chi connectivity index (χ4n) is 4.97. The highest BCUT2D eigenvalue weighted by Gasteiger charge is 2.31. The summed E-state index contributed by atoms with van der Waals surface area (Å²) in [5.41, 5.74) is 2.48.